The number of benzene rings is 1. The van der Waals surface area contributed by atoms with Gasteiger partial charge in [-0.05, 0) is 30.7 Å². The highest BCUT2D eigenvalue weighted by molar-refractivity contribution is 5.89. The van der Waals surface area contributed by atoms with Crippen molar-refractivity contribution in [1.82, 2.24) is 4.98 Å². The third kappa shape index (κ3) is 2.69. The Morgan fingerprint density at radius 2 is 2.12 bits per heavy atom. The highest BCUT2D eigenvalue weighted by Crippen LogP contribution is 2.15. The second-order valence-corrected chi connectivity index (χ2v) is 3.96. The van der Waals surface area contributed by atoms with Gasteiger partial charge in [0.2, 0.25) is 0 Å². The maximum Gasteiger partial charge on any atom is 0.335 e. The maximum absolute atomic E-state index is 11.1. The molecule has 0 saturated heterocycles. The van der Waals surface area contributed by atoms with Gasteiger partial charge in [-0.1, -0.05) is 23.8 Å². The summed E-state index contributed by atoms with van der Waals surface area (Å²) in [6.45, 7) is 1.89. The molecule has 3 heteroatoms. The Balaban J connectivity index is 2.36. The predicted molar refractivity (Wildman–Crippen MR) is 65.2 cm³/mol. The molecule has 17 heavy (non-hydrogen) atoms. The van der Waals surface area contributed by atoms with Crippen LogP contribution in [0.5, 0.6) is 0 Å². The maximum atomic E-state index is 11.1. The van der Waals surface area contributed by atoms with Crippen molar-refractivity contribution < 1.29 is 9.90 Å². The first kappa shape index (κ1) is 11.3. The lowest BCUT2D eigenvalue weighted by Crippen LogP contribution is -2.04. The van der Waals surface area contributed by atoms with Gasteiger partial charge in [0, 0.05) is 18.3 Å². The van der Waals surface area contributed by atoms with Crippen LogP contribution in [0.4, 0.5) is 0 Å². The van der Waals surface area contributed by atoms with E-state index in [0.29, 0.717) is 12.0 Å². The van der Waals surface area contributed by atoms with E-state index in [4.69, 9.17) is 5.11 Å². The normalized spacial score (nSPS) is 10.2. The zero-order valence-electron chi connectivity index (χ0n) is 9.55. The van der Waals surface area contributed by atoms with Crippen LogP contribution in [0.1, 0.15) is 27.2 Å². The van der Waals surface area contributed by atoms with Crippen molar-refractivity contribution in [2.24, 2.45) is 0 Å². The van der Waals surface area contributed by atoms with Gasteiger partial charge in [0.25, 0.3) is 0 Å². The minimum absolute atomic E-state index is 0.357. The van der Waals surface area contributed by atoms with Crippen molar-refractivity contribution in [2.45, 2.75) is 13.3 Å². The Bertz CT molecular complexity index is 535. The van der Waals surface area contributed by atoms with E-state index >= 15 is 0 Å². The quantitative estimate of drug-likeness (QED) is 0.877. The first-order valence-electron chi connectivity index (χ1n) is 5.39. The summed E-state index contributed by atoms with van der Waals surface area (Å²) < 4.78 is 0. The molecule has 1 aromatic heterocycles. The summed E-state index contributed by atoms with van der Waals surface area (Å²) in [4.78, 5) is 15.3. The van der Waals surface area contributed by atoms with Crippen LogP contribution in [-0.4, -0.2) is 16.1 Å². The Hall–Kier alpha value is -2.16. The summed E-state index contributed by atoms with van der Waals surface area (Å²) in [5, 5.41) is 9.15. The summed E-state index contributed by atoms with van der Waals surface area (Å²) in [6.07, 6.45) is 2.26. The van der Waals surface area contributed by atoms with Crippen molar-refractivity contribution >= 4 is 5.97 Å². The molecule has 0 radical (unpaired) electrons. The first-order chi connectivity index (χ1) is 8.16. The molecule has 0 aliphatic heterocycles. The summed E-state index contributed by atoms with van der Waals surface area (Å²) in [7, 11) is 0. The van der Waals surface area contributed by atoms with E-state index in [0.717, 1.165) is 16.8 Å². The number of aromatic nitrogens is 1. The Labute approximate surface area is 99.8 Å². The zero-order valence-corrected chi connectivity index (χ0v) is 9.55. The van der Waals surface area contributed by atoms with Gasteiger partial charge in [0.1, 0.15) is 0 Å². The predicted octanol–water partition coefficient (Wildman–Crippen LogP) is 2.68. The van der Waals surface area contributed by atoms with Crippen LogP contribution in [0.15, 0.2) is 42.6 Å². The van der Waals surface area contributed by atoms with E-state index in [1.807, 2.05) is 37.3 Å². The minimum Gasteiger partial charge on any atom is -0.478 e. The average molecular weight is 227 g/mol. The summed E-state index contributed by atoms with van der Waals surface area (Å²) in [6, 6.07) is 11.1. The van der Waals surface area contributed by atoms with Gasteiger partial charge in [-0.3, -0.25) is 4.98 Å². The molecule has 0 saturated carbocycles. The van der Waals surface area contributed by atoms with Gasteiger partial charge in [-0.2, -0.15) is 0 Å². The van der Waals surface area contributed by atoms with E-state index in [9.17, 15) is 4.79 Å². The number of pyridine rings is 1. The van der Waals surface area contributed by atoms with Gasteiger partial charge in [-0.25, -0.2) is 4.79 Å². The molecule has 2 rings (SSSR count). The highest BCUT2D eigenvalue weighted by atomic mass is 16.4. The molecular formula is C14H13NO2. The van der Waals surface area contributed by atoms with E-state index in [1.165, 1.54) is 0 Å². The molecular weight excluding hydrogens is 214 g/mol. The molecule has 0 aliphatic carbocycles. The second-order valence-electron chi connectivity index (χ2n) is 3.96. The van der Waals surface area contributed by atoms with Gasteiger partial charge in [0.15, 0.2) is 0 Å². The van der Waals surface area contributed by atoms with Crippen molar-refractivity contribution in [2.75, 3.05) is 0 Å². The number of nitrogens with zero attached hydrogens (tertiary/aromatic N) is 1. The molecule has 0 aliphatic rings. The molecule has 0 unspecified atom stereocenters. The largest absolute Gasteiger partial charge is 0.478 e. The van der Waals surface area contributed by atoms with Crippen LogP contribution in [0.3, 0.4) is 0 Å². The molecule has 1 N–H and O–H groups in total. The molecule has 86 valence electrons. The van der Waals surface area contributed by atoms with E-state index < -0.39 is 5.97 Å². The smallest absolute Gasteiger partial charge is 0.335 e. The molecule has 2 aromatic rings. The first-order valence-corrected chi connectivity index (χ1v) is 5.39. The number of hydrogen-bond donors (Lipinski definition) is 1. The van der Waals surface area contributed by atoms with Gasteiger partial charge in [-0.15, -0.1) is 0 Å². The SMILES string of the molecule is Cc1ccc(Cc2ccccn2)c(C(=O)O)c1. The fraction of sp³-hybridized carbons (Fsp3) is 0.143. The summed E-state index contributed by atoms with van der Waals surface area (Å²) in [5.41, 5.74) is 2.98. The molecule has 3 nitrogen and oxygen atoms in total. The lowest BCUT2D eigenvalue weighted by molar-refractivity contribution is 0.0695. The molecule has 1 aromatic carbocycles. The Morgan fingerprint density at radius 1 is 1.29 bits per heavy atom. The van der Waals surface area contributed by atoms with Crippen molar-refractivity contribution in [3.8, 4) is 0 Å². The van der Waals surface area contributed by atoms with Crippen LogP contribution >= 0.6 is 0 Å². The second kappa shape index (κ2) is 4.78. The van der Waals surface area contributed by atoms with Crippen LogP contribution in [0.2, 0.25) is 0 Å². The summed E-state index contributed by atoms with van der Waals surface area (Å²) in [5.74, 6) is -0.889. The Morgan fingerprint density at radius 3 is 2.76 bits per heavy atom. The standard InChI is InChI=1S/C14H13NO2/c1-10-5-6-11(13(8-10)14(16)17)9-12-4-2-3-7-15-12/h2-8H,9H2,1H3,(H,16,17). The fourth-order valence-corrected chi connectivity index (χ4v) is 1.74. The van der Waals surface area contributed by atoms with Crippen LogP contribution in [0, 0.1) is 6.92 Å². The molecule has 0 atom stereocenters. The number of carboxylic acids is 1. The van der Waals surface area contributed by atoms with Gasteiger partial charge >= 0.3 is 5.97 Å². The van der Waals surface area contributed by atoms with Crippen molar-refractivity contribution in [1.29, 1.82) is 0 Å². The lowest BCUT2D eigenvalue weighted by atomic mass is 10.0. The third-order valence-corrected chi connectivity index (χ3v) is 2.59. The van der Waals surface area contributed by atoms with Gasteiger partial charge < -0.3 is 5.11 Å². The number of carbonyl (C=O) groups is 1. The van der Waals surface area contributed by atoms with Crippen LogP contribution < -0.4 is 0 Å². The number of aryl methyl sites for hydroxylation is 1. The minimum atomic E-state index is -0.889. The van der Waals surface area contributed by atoms with Crippen molar-refractivity contribution in [3.63, 3.8) is 0 Å². The van der Waals surface area contributed by atoms with Crippen LogP contribution in [0.25, 0.3) is 0 Å². The number of carboxylic acid groups (broad SMARTS) is 1. The third-order valence-electron chi connectivity index (χ3n) is 2.59. The highest BCUT2D eigenvalue weighted by Gasteiger charge is 2.10. The topological polar surface area (TPSA) is 50.2 Å². The Kier molecular flexibility index (Phi) is 3.19. The van der Waals surface area contributed by atoms with Gasteiger partial charge in [0.05, 0.1) is 5.56 Å². The molecule has 1 heterocycles. The lowest BCUT2D eigenvalue weighted by Gasteiger charge is -2.06. The molecule has 0 spiro atoms. The van der Waals surface area contributed by atoms with Crippen molar-refractivity contribution in [3.05, 3.63) is 65.0 Å². The monoisotopic (exact) mass is 227 g/mol. The van der Waals surface area contributed by atoms with E-state index in [1.54, 1.807) is 12.3 Å². The summed E-state index contributed by atoms with van der Waals surface area (Å²) >= 11 is 0. The number of rotatable bonds is 3. The van der Waals surface area contributed by atoms with E-state index in [2.05, 4.69) is 4.98 Å². The zero-order chi connectivity index (χ0) is 12.3. The average Bonchev–Trinajstić information content (AvgIpc) is 2.32. The fourth-order valence-electron chi connectivity index (χ4n) is 1.74. The van der Waals surface area contributed by atoms with Crippen LogP contribution in [-0.2, 0) is 6.42 Å². The number of hydrogen-bond acceptors (Lipinski definition) is 2. The van der Waals surface area contributed by atoms with E-state index in [-0.39, 0.29) is 0 Å². The molecule has 0 amide bonds. The molecule has 0 fully saturated rings. The number of aromatic carboxylic acids is 1. The molecule has 0 bridgehead atoms.